The summed E-state index contributed by atoms with van der Waals surface area (Å²) < 4.78 is 32.0. The van der Waals surface area contributed by atoms with Crippen molar-refractivity contribution < 1.29 is 13.2 Å². The van der Waals surface area contributed by atoms with Gasteiger partial charge in [-0.1, -0.05) is 0 Å². The number of hydrogen-bond donors (Lipinski definition) is 1. The minimum absolute atomic E-state index is 0.0298. The number of hydrogen-bond acceptors (Lipinski definition) is 2. The molecule has 1 heterocycles. The molecule has 0 amide bonds. The van der Waals surface area contributed by atoms with E-state index in [2.05, 4.69) is 5.32 Å². The zero-order chi connectivity index (χ0) is 13.2. The van der Waals surface area contributed by atoms with E-state index in [9.17, 15) is 8.78 Å². The molecule has 2 nitrogen and oxygen atoms in total. The van der Waals surface area contributed by atoms with Gasteiger partial charge < -0.3 is 9.73 Å². The van der Waals surface area contributed by atoms with Crippen molar-refractivity contribution >= 4 is 0 Å². The Bertz CT molecular complexity index is 389. The van der Waals surface area contributed by atoms with Gasteiger partial charge in [0.1, 0.15) is 5.76 Å². The van der Waals surface area contributed by atoms with E-state index >= 15 is 0 Å². The Morgan fingerprint density at radius 3 is 2.89 bits per heavy atom. The van der Waals surface area contributed by atoms with Gasteiger partial charge in [0.25, 0.3) is 0 Å². The summed E-state index contributed by atoms with van der Waals surface area (Å²) in [4.78, 5) is 0. The van der Waals surface area contributed by atoms with E-state index in [1.807, 2.05) is 20.0 Å². The molecule has 1 aromatic rings. The summed E-state index contributed by atoms with van der Waals surface area (Å²) >= 11 is 0. The number of alkyl halides is 2. The average Bonchev–Trinajstić information content (AvgIpc) is 2.71. The van der Waals surface area contributed by atoms with Crippen LogP contribution < -0.4 is 5.32 Å². The maximum absolute atomic E-state index is 13.4. The number of nitrogens with one attached hydrogen (secondary N) is 1. The van der Waals surface area contributed by atoms with Crippen molar-refractivity contribution in [3.05, 3.63) is 23.7 Å². The quantitative estimate of drug-likeness (QED) is 0.879. The first-order valence-corrected chi connectivity index (χ1v) is 6.60. The third-order valence-electron chi connectivity index (χ3n) is 3.81. The largest absolute Gasteiger partial charge is 0.469 e. The lowest BCUT2D eigenvalue weighted by atomic mass is 9.81. The Balaban J connectivity index is 1.98. The molecule has 1 aliphatic rings. The van der Waals surface area contributed by atoms with Gasteiger partial charge in [-0.05, 0) is 45.2 Å². The monoisotopic (exact) mass is 257 g/mol. The van der Waals surface area contributed by atoms with Crippen LogP contribution in [-0.2, 0) is 0 Å². The van der Waals surface area contributed by atoms with Crippen LogP contribution in [0.25, 0.3) is 0 Å². The maximum atomic E-state index is 13.4. The van der Waals surface area contributed by atoms with E-state index in [0.717, 1.165) is 24.2 Å². The molecule has 1 saturated carbocycles. The molecule has 1 fully saturated rings. The lowest BCUT2D eigenvalue weighted by Gasteiger charge is -2.31. The first-order chi connectivity index (χ1) is 8.50. The van der Waals surface area contributed by atoms with Gasteiger partial charge >= 0.3 is 0 Å². The fourth-order valence-corrected chi connectivity index (χ4v) is 2.88. The van der Waals surface area contributed by atoms with Crippen molar-refractivity contribution in [2.24, 2.45) is 5.92 Å². The molecule has 0 aromatic carbocycles. The van der Waals surface area contributed by atoms with E-state index in [1.54, 1.807) is 6.26 Å². The van der Waals surface area contributed by atoms with Crippen LogP contribution in [0.5, 0.6) is 0 Å². The first-order valence-electron chi connectivity index (χ1n) is 6.60. The predicted octanol–water partition coefficient (Wildman–Crippen LogP) is 4.06. The molecule has 18 heavy (non-hydrogen) atoms. The second kappa shape index (κ2) is 5.39. The van der Waals surface area contributed by atoms with Crippen LogP contribution >= 0.6 is 0 Å². The van der Waals surface area contributed by atoms with Crippen LogP contribution in [0.15, 0.2) is 16.7 Å². The zero-order valence-electron chi connectivity index (χ0n) is 11.0. The van der Waals surface area contributed by atoms with Crippen molar-refractivity contribution in [1.82, 2.24) is 5.32 Å². The smallest absolute Gasteiger partial charge is 0.248 e. The molecular formula is C14H21F2NO. The standard InChI is InChI=1S/C14H21F2NO/c1-10-6-12(9-18-10)13(17-2)7-11-4-3-5-14(15,16)8-11/h6,9,11,13,17H,3-5,7-8H2,1-2H3. The average molecular weight is 257 g/mol. The third-order valence-corrected chi connectivity index (χ3v) is 3.81. The first kappa shape index (κ1) is 13.5. The van der Waals surface area contributed by atoms with E-state index in [-0.39, 0.29) is 24.8 Å². The molecule has 2 unspecified atom stereocenters. The normalized spacial score (nSPS) is 25.0. The van der Waals surface area contributed by atoms with E-state index in [0.29, 0.717) is 6.42 Å². The molecule has 1 aromatic heterocycles. The lowest BCUT2D eigenvalue weighted by Crippen LogP contribution is -2.29. The third kappa shape index (κ3) is 3.31. The molecule has 1 aliphatic carbocycles. The number of aryl methyl sites for hydroxylation is 1. The fourth-order valence-electron chi connectivity index (χ4n) is 2.88. The molecule has 1 N–H and O–H groups in total. The van der Waals surface area contributed by atoms with Crippen LogP contribution in [0.2, 0.25) is 0 Å². The highest BCUT2D eigenvalue weighted by molar-refractivity contribution is 5.16. The Kier molecular flexibility index (Phi) is 4.05. The molecular weight excluding hydrogens is 236 g/mol. The molecule has 0 bridgehead atoms. The van der Waals surface area contributed by atoms with Gasteiger partial charge in [-0.15, -0.1) is 0 Å². The topological polar surface area (TPSA) is 25.2 Å². The van der Waals surface area contributed by atoms with E-state index in [1.165, 1.54) is 0 Å². The Hall–Kier alpha value is -0.900. The SMILES string of the molecule is CNC(CC1CCCC(F)(F)C1)c1coc(C)c1. The molecule has 0 spiro atoms. The predicted molar refractivity (Wildman–Crippen MR) is 66.8 cm³/mol. The Morgan fingerprint density at radius 2 is 2.33 bits per heavy atom. The molecule has 0 aliphatic heterocycles. The highest BCUT2D eigenvalue weighted by Gasteiger charge is 2.36. The summed E-state index contributed by atoms with van der Waals surface area (Å²) in [6.07, 6.45) is 4.10. The summed E-state index contributed by atoms with van der Waals surface area (Å²) in [5.41, 5.74) is 1.06. The van der Waals surface area contributed by atoms with Gasteiger partial charge in [0.15, 0.2) is 0 Å². The van der Waals surface area contributed by atoms with E-state index < -0.39 is 5.92 Å². The number of furan rings is 1. The van der Waals surface area contributed by atoms with Gasteiger partial charge in [0.05, 0.1) is 6.26 Å². The zero-order valence-corrected chi connectivity index (χ0v) is 11.0. The van der Waals surface area contributed by atoms with Gasteiger partial charge in [-0.3, -0.25) is 0 Å². The summed E-state index contributed by atoms with van der Waals surface area (Å²) in [6, 6.07) is 2.09. The van der Waals surface area contributed by atoms with Crippen LogP contribution in [0.1, 0.15) is 49.5 Å². The molecule has 2 atom stereocenters. The van der Waals surface area contributed by atoms with Crippen LogP contribution in [0, 0.1) is 12.8 Å². The van der Waals surface area contributed by atoms with E-state index in [4.69, 9.17) is 4.42 Å². The van der Waals surface area contributed by atoms with Crippen molar-refractivity contribution in [2.75, 3.05) is 7.05 Å². The fraction of sp³-hybridized carbons (Fsp3) is 0.714. The van der Waals surface area contributed by atoms with Gasteiger partial charge in [-0.2, -0.15) is 0 Å². The Morgan fingerprint density at radius 1 is 1.56 bits per heavy atom. The van der Waals surface area contributed by atoms with Crippen molar-refractivity contribution in [3.8, 4) is 0 Å². The number of halogens is 2. The van der Waals surface area contributed by atoms with Crippen LogP contribution in [0.3, 0.4) is 0 Å². The summed E-state index contributed by atoms with van der Waals surface area (Å²) in [7, 11) is 1.87. The lowest BCUT2D eigenvalue weighted by molar-refractivity contribution is -0.0547. The van der Waals surface area contributed by atoms with Gasteiger partial charge in [0.2, 0.25) is 5.92 Å². The van der Waals surface area contributed by atoms with Crippen molar-refractivity contribution in [2.45, 2.75) is 51.0 Å². The summed E-state index contributed by atoms with van der Waals surface area (Å²) in [5, 5.41) is 3.20. The van der Waals surface area contributed by atoms with Crippen molar-refractivity contribution in [1.29, 1.82) is 0 Å². The highest BCUT2D eigenvalue weighted by Crippen LogP contribution is 2.40. The molecule has 0 radical (unpaired) electrons. The maximum Gasteiger partial charge on any atom is 0.248 e. The second-order valence-corrected chi connectivity index (χ2v) is 5.39. The highest BCUT2D eigenvalue weighted by atomic mass is 19.3. The minimum Gasteiger partial charge on any atom is -0.469 e. The molecule has 2 rings (SSSR count). The van der Waals surface area contributed by atoms with Gasteiger partial charge in [0, 0.05) is 24.4 Å². The Labute approximate surface area is 107 Å². The summed E-state index contributed by atoms with van der Waals surface area (Å²) in [5.74, 6) is -1.51. The van der Waals surface area contributed by atoms with Crippen LogP contribution in [0.4, 0.5) is 8.78 Å². The van der Waals surface area contributed by atoms with Crippen molar-refractivity contribution in [3.63, 3.8) is 0 Å². The summed E-state index contributed by atoms with van der Waals surface area (Å²) in [6.45, 7) is 1.89. The van der Waals surface area contributed by atoms with Gasteiger partial charge in [-0.25, -0.2) is 8.78 Å². The van der Waals surface area contributed by atoms with Crippen LogP contribution in [-0.4, -0.2) is 13.0 Å². The molecule has 4 heteroatoms. The minimum atomic E-state index is -2.46. The number of rotatable bonds is 4. The second-order valence-electron chi connectivity index (χ2n) is 5.39. The molecule has 0 saturated heterocycles. The molecule has 102 valence electrons.